The highest BCUT2D eigenvalue weighted by Gasteiger charge is 2.19. The Bertz CT molecular complexity index is 366. The molecule has 2 rings (SSSR count). The summed E-state index contributed by atoms with van der Waals surface area (Å²) >= 11 is 0. The van der Waals surface area contributed by atoms with Crippen molar-refractivity contribution in [3.8, 4) is 5.75 Å². The van der Waals surface area contributed by atoms with E-state index in [1.807, 2.05) is 0 Å². The molecule has 0 bridgehead atoms. The summed E-state index contributed by atoms with van der Waals surface area (Å²) in [6.07, 6.45) is 6.29. The number of aromatic hydroxyl groups is 1. The third-order valence-electron chi connectivity index (χ3n) is 3.96. The van der Waals surface area contributed by atoms with Crippen LogP contribution in [0.5, 0.6) is 5.75 Å². The molecule has 0 amide bonds. The molecule has 0 heterocycles. The molecule has 0 radical (unpaired) electrons. The Morgan fingerprint density at radius 2 is 1.94 bits per heavy atom. The van der Waals surface area contributed by atoms with Gasteiger partial charge in [-0.2, -0.15) is 0 Å². The fourth-order valence-corrected chi connectivity index (χ4v) is 2.77. The second-order valence-electron chi connectivity index (χ2n) is 5.32. The number of nitrogens with one attached hydrogen (secondary N) is 1. The first-order chi connectivity index (χ1) is 8.67. The second-order valence-corrected chi connectivity index (χ2v) is 5.32. The van der Waals surface area contributed by atoms with Crippen molar-refractivity contribution in [3.63, 3.8) is 0 Å². The zero-order valence-corrected chi connectivity index (χ0v) is 11.0. The van der Waals surface area contributed by atoms with Gasteiger partial charge in [0.05, 0.1) is 0 Å². The van der Waals surface area contributed by atoms with Crippen LogP contribution >= 0.6 is 0 Å². The van der Waals surface area contributed by atoms with Crippen LogP contribution in [0, 0.1) is 11.7 Å². The molecule has 1 aromatic carbocycles. The summed E-state index contributed by atoms with van der Waals surface area (Å²) in [4.78, 5) is 0. The molecule has 100 valence electrons. The lowest BCUT2D eigenvalue weighted by Crippen LogP contribution is -2.32. The minimum absolute atomic E-state index is 0.00138. The third-order valence-corrected chi connectivity index (χ3v) is 3.96. The summed E-state index contributed by atoms with van der Waals surface area (Å²) in [6.45, 7) is 2.89. The van der Waals surface area contributed by atoms with Gasteiger partial charge in [0.1, 0.15) is 11.6 Å². The lowest BCUT2D eigenvalue weighted by Gasteiger charge is -2.28. The van der Waals surface area contributed by atoms with Crippen molar-refractivity contribution < 1.29 is 9.50 Å². The Hall–Kier alpha value is -1.09. The van der Waals surface area contributed by atoms with Crippen LogP contribution in [0.2, 0.25) is 0 Å². The standard InChI is InChI=1S/C15H22FNO/c1-2-11-3-5-14(6-4-11)17-10-12-7-13(16)9-15(18)8-12/h7-9,11,14,17-18H,2-6,10H2,1H3. The largest absolute Gasteiger partial charge is 0.508 e. The molecule has 3 heteroatoms. The van der Waals surface area contributed by atoms with Gasteiger partial charge in [-0.05, 0) is 49.3 Å². The van der Waals surface area contributed by atoms with Gasteiger partial charge in [0, 0.05) is 18.7 Å². The molecule has 0 spiro atoms. The van der Waals surface area contributed by atoms with Crippen molar-refractivity contribution >= 4 is 0 Å². The Balaban J connectivity index is 1.81. The molecule has 1 aliphatic rings. The highest BCUT2D eigenvalue weighted by atomic mass is 19.1. The number of phenols is 1. The lowest BCUT2D eigenvalue weighted by molar-refractivity contribution is 0.285. The van der Waals surface area contributed by atoms with Crippen LogP contribution in [-0.2, 0) is 6.54 Å². The van der Waals surface area contributed by atoms with Gasteiger partial charge in [0.2, 0.25) is 0 Å². The monoisotopic (exact) mass is 251 g/mol. The van der Waals surface area contributed by atoms with E-state index in [2.05, 4.69) is 12.2 Å². The molecule has 0 saturated heterocycles. The smallest absolute Gasteiger partial charge is 0.127 e. The van der Waals surface area contributed by atoms with Crippen LogP contribution in [-0.4, -0.2) is 11.1 Å². The summed E-state index contributed by atoms with van der Waals surface area (Å²) in [5, 5.41) is 12.8. The van der Waals surface area contributed by atoms with Gasteiger partial charge in [0.15, 0.2) is 0 Å². The molecule has 1 saturated carbocycles. The summed E-state index contributed by atoms with van der Waals surface area (Å²) in [7, 11) is 0. The molecule has 0 aromatic heterocycles. The molecule has 0 unspecified atom stereocenters. The van der Waals surface area contributed by atoms with E-state index in [4.69, 9.17) is 0 Å². The minimum Gasteiger partial charge on any atom is -0.508 e. The van der Waals surface area contributed by atoms with Gasteiger partial charge in [-0.3, -0.25) is 0 Å². The fourth-order valence-electron chi connectivity index (χ4n) is 2.77. The van der Waals surface area contributed by atoms with E-state index in [9.17, 15) is 9.50 Å². The predicted octanol–water partition coefficient (Wildman–Crippen LogP) is 3.59. The maximum Gasteiger partial charge on any atom is 0.127 e. The highest BCUT2D eigenvalue weighted by Crippen LogP contribution is 2.26. The Morgan fingerprint density at radius 3 is 2.56 bits per heavy atom. The molecule has 2 N–H and O–H groups in total. The number of halogens is 1. The number of hydrogen-bond donors (Lipinski definition) is 2. The van der Waals surface area contributed by atoms with E-state index in [-0.39, 0.29) is 11.6 Å². The average molecular weight is 251 g/mol. The summed E-state index contributed by atoms with van der Waals surface area (Å²) in [6, 6.07) is 4.77. The van der Waals surface area contributed by atoms with Crippen molar-refractivity contribution in [2.45, 2.75) is 51.6 Å². The third kappa shape index (κ3) is 3.70. The SMILES string of the molecule is CCC1CCC(NCc2cc(O)cc(F)c2)CC1. The molecule has 0 atom stereocenters. The maximum atomic E-state index is 13.1. The zero-order valence-electron chi connectivity index (χ0n) is 11.0. The topological polar surface area (TPSA) is 32.3 Å². The number of benzene rings is 1. The average Bonchev–Trinajstić information content (AvgIpc) is 2.36. The van der Waals surface area contributed by atoms with E-state index in [1.165, 1.54) is 38.2 Å². The highest BCUT2D eigenvalue weighted by molar-refractivity contribution is 5.28. The zero-order chi connectivity index (χ0) is 13.0. The first-order valence-electron chi connectivity index (χ1n) is 6.89. The van der Waals surface area contributed by atoms with E-state index in [0.29, 0.717) is 12.6 Å². The van der Waals surface area contributed by atoms with Crippen molar-refractivity contribution in [2.75, 3.05) is 0 Å². The Labute approximate surface area is 108 Å². The van der Waals surface area contributed by atoms with Crippen LogP contribution in [0.4, 0.5) is 4.39 Å². The maximum absolute atomic E-state index is 13.1. The summed E-state index contributed by atoms with van der Waals surface area (Å²) in [5.74, 6) is 0.518. The second kappa shape index (κ2) is 6.19. The van der Waals surface area contributed by atoms with Crippen LogP contribution in [0.15, 0.2) is 18.2 Å². The number of rotatable bonds is 4. The van der Waals surface area contributed by atoms with Crippen LogP contribution in [0.3, 0.4) is 0 Å². The van der Waals surface area contributed by atoms with E-state index < -0.39 is 0 Å². The van der Waals surface area contributed by atoms with Crippen molar-refractivity contribution in [1.29, 1.82) is 0 Å². The van der Waals surface area contributed by atoms with Crippen molar-refractivity contribution in [1.82, 2.24) is 5.32 Å². The molecule has 1 aromatic rings. The lowest BCUT2D eigenvalue weighted by atomic mass is 9.84. The first kappa shape index (κ1) is 13.3. The Morgan fingerprint density at radius 1 is 1.22 bits per heavy atom. The summed E-state index contributed by atoms with van der Waals surface area (Å²) < 4.78 is 13.1. The minimum atomic E-state index is -0.374. The molecule has 0 aliphatic heterocycles. The number of phenolic OH excluding ortho intramolecular Hbond substituents is 1. The van der Waals surface area contributed by atoms with Crippen LogP contribution < -0.4 is 5.32 Å². The quantitative estimate of drug-likeness (QED) is 0.857. The fraction of sp³-hybridized carbons (Fsp3) is 0.600. The molecule has 1 fully saturated rings. The normalized spacial score (nSPS) is 24.1. The van der Waals surface area contributed by atoms with E-state index in [1.54, 1.807) is 6.07 Å². The Kier molecular flexibility index (Phi) is 4.59. The van der Waals surface area contributed by atoms with Gasteiger partial charge in [0.25, 0.3) is 0 Å². The molecular weight excluding hydrogens is 229 g/mol. The van der Waals surface area contributed by atoms with E-state index >= 15 is 0 Å². The van der Waals surface area contributed by atoms with Gasteiger partial charge < -0.3 is 10.4 Å². The first-order valence-corrected chi connectivity index (χ1v) is 6.89. The number of hydrogen-bond acceptors (Lipinski definition) is 2. The van der Waals surface area contributed by atoms with Crippen LogP contribution in [0.1, 0.15) is 44.6 Å². The predicted molar refractivity (Wildman–Crippen MR) is 70.9 cm³/mol. The van der Waals surface area contributed by atoms with Gasteiger partial charge >= 0.3 is 0 Å². The van der Waals surface area contributed by atoms with Crippen molar-refractivity contribution in [2.24, 2.45) is 5.92 Å². The summed E-state index contributed by atoms with van der Waals surface area (Å²) in [5.41, 5.74) is 0.810. The van der Waals surface area contributed by atoms with Crippen LogP contribution in [0.25, 0.3) is 0 Å². The molecule has 18 heavy (non-hydrogen) atoms. The van der Waals surface area contributed by atoms with Gasteiger partial charge in [-0.25, -0.2) is 4.39 Å². The van der Waals surface area contributed by atoms with Crippen molar-refractivity contribution in [3.05, 3.63) is 29.6 Å². The van der Waals surface area contributed by atoms with Gasteiger partial charge in [-0.15, -0.1) is 0 Å². The molecule has 2 nitrogen and oxygen atoms in total. The molecular formula is C15H22FNO. The molecule has 1 aliphatic carbocycles. The van der Waals surface area contributed by atoms with Gasteiger partial charge in [-0.1, -0.05) is 13.3 Å². The van der Waals surface area contributed by atoms with E-state index in [0.717, 1.165) is 17.5 Å².